The molecule has 0 aliphatic carbocycles. The Kier molecular flexibility index (Phi) is 2.44. The molecule has 0 spiro atoms. The third-order valence-corrected chi connectivity index (χ3v) is 2.36. The van der Waals surface area contributed by atoms with Gasteiger partial charge in [0.1, 0.15) is 0 Å². The van der Waals surface area contributed by atoms with Gasteiger partial charge in [-0.1, -0.05) is 0 Å². The van der Waals surface area contributed by atoms with E-state index in [-0.39, 0.29) is 5.56 Å². The second kappa shape index (κ2) is 3.77. The molecule has 0 bridgehead atoms. The molecular formula is C11H11NO4. The maximum Gasteiger partial charge on any atom is 0.337 e. The third kappa shape index (κ3) is 1.46. The van der Waals surface area contributed by atoms with E-state index < -0.39 is 5.97 Å². The fourth-order valence-corrected chi connectivity index (χ4v) is 1.62. The van der Waals surface area contributed by atoms with Crippen molar-refractivity contribution in [2.75, 3.05) is 14.2 Å². The molecule has 2 rings (SSSR count). The number of carboxylic acids is 1. The summed E-state index contributed by atoms with van der Waals surface area (Å²) in [6.07, 6.45) is 3.25. The lowest BCUT2D eigenvalue weighted by Crippen LogP contribution is -1.93. The van der Waals surface area contributed by atoms with Gasteiger partial charge in [-0.15, -0.1) is 0 Å². The predicted octanol–water partition coefficient (Wildman–Crippen LogP) is 1.65. The number of hydrogen-bond donors (Lipinski definition) is 1. The highest BCUT2D eigenvalue weighted by Gasteiger charge is 2.13. The molecule has 1 N–H and O–H groups in total. The molecule has 0 saturated heterocycles. The van der Waals surface area contributed by atoms with Gasteiger partial charge in [-0.05, 0) is 6.07 Å². The molecular weight excluding hydrogens is 210 g/mol. The van der Waals surface area contributed by atoms with Crippen molar-refractivity contribution >= 4 is 11.5 Å². The molecule has 0 aliphatic heterocycles. The molecule has 2 aromatic heterocycles. The first kappa shape index (κ1) is 10.4. The summed E-state index contributed by atoms with van der Waals surface area (Å²) >= 11 is 0. The van der Waals surface area contributed by atoms with E-state index in [2.05, 4.69) is 0 Å². The van der Waals surface area contributed by atoms with Crippen molar-refractivity contribution in [3.63, 3.8) is 0 Å². The lowest BCUT2D eigenvalue weighted by molar-refractivity contribution is 0.0697. The first-order chi connectivity index (χ1) is 7.67. The fraction of sp³-hybridized carbons (Fsp3) is 0.182. The predicted molar refractivity (Wildman–Crippen MR) is 57.5 cm³/mol. The number of aromatic carboxylic acids is 1. The molecule has 0 aromatic carbocycles. The number of ether oxygens (including phenoxy) is 2. The normalized spacial score (nSPS) is 10.4. The Bertz CT molecular complexity index is 544. The summed E-state index contributed by atoms with van der Waals surface area (Å²) in [6.45, 7) is 0. The second-order valence-electron chi connectivity index (χ2n) is 3.24. The maximum absolute atomic E-state index is 10.8. The van der Waals surface area contributed by atoms with Crippen molar-refractivity contribution in [1.82, 2.24) is 4.40 Å². The van der Waals surface area contributed by atoms with E-state index >= 15 is 0 Å². The van der Waals surface area contributed by atoms with E-state index in [1.165, 1.54) is 20.4 Å². The molecule has 5 nitrogen and oxygen atoms in total. The maximum atomic E-state index is 10.8. The minimum Gasteiger partial charge on any atom is -0.493 e. The van der Waals surface area contributed by atoms with Gasteiger partial charge in [0.05, 0.1) is 25.3 Å². The zero-order valence-electron chi connectivity index (χ0n) is 8.93. The highest BCUT2D eigenvalue weighted by molar-refractivity contribution is 5.90. The molecule has 0 amide bonds. The first-order valence-corrected chi connectivity index (χ1v) is 4.63. The van der Waals surface area contributed by atoms with Gasteiger partial charge >= 0.3 is 5.97 Å². The smallest absolute Gasteiger partial charge is 0.337 e. The van der Waals surface area contributed by atoms with Crippen LogP contribution >= 0.6 is 0 Å². The molecule has 16 heavy (non-hydrogen) atoms. The molecule has 0 unspecified atom stereocenters. The molecule has 0 atom stereocenters. The fourth-order valence-electron chi connectivity index (χ4n) is 1.62. The summed E-state index contributed by atoms with van der Waals surface area (Å²) in [6, 6.07) is 3.27. The van der Waals surface area contributed by atoms with Crippen LogP contribution in [-0.2, 0) is 0 Å². The third-order valence-electron chi connectivity index (χ3n) is 2.36. The lowest BCUT2D eigenvalue weighted by atomic mass is 10.3. The Morgan fingerprint density at radius 2 is 2.12 bits per heavy atom. The van der Waals surface area contributed by atoms with Gasteiger partial charge in [0.2, 0.25) is 0 Å². The number of nitrogens with zero attached hydrogens (tertiary/aromatic N) is 1. The van der Waals surface area contributed by atoms with E-state index in [0.29, 0.717) is 17.0 Å². The Hall–Kier alpha value is -2.17. The van der Waals surface area contributed by atoms with E-state index in [0.717, 1.165) is 0 Å². The summed E-state index contributed by atoms with van der Waals surface area (Å²) in [5.41, 5.74) is 0.880. The van der Waals surface area contributed by atoms with Crippen LogP contribution in [0.2, 0.25) is 0 Å². The number of pyridine rings is 1. The monoisotopic (exact) mass is 221 g/mol. The molecule has 5 heteroatoms. The van der Waals surface area contributed by atoms with Gasteiger partial charge in [-0.25, -0.2) is 4.79 Å². The Labute approximate surface area is 91.8 Å². The number of aromatic nitrogens is 1. The zero-order valence-corrected chi connectivity index (χ0v) is 8.93. The standard InChI is InChI=1S/C11H11NO4/c1-15-9-3-4-12-6-7(11(13)14)5-8(12)10(9)16-2/h3-6H,1-2H3,(H,13,14). The molecule has 0 aliphatic rings. The van der Waals surface area contributed by atoms with Crippen LogP contribution in [0.1, 0.15) is 10.4 Å². The van der Waals surface area contributed by atoms with E-state index in [1.807, 2.05) is 0 Å². The molecule has 0 fully saturated rings. The van der Waals surface area contributed by atoms with Crippen LogP contribution in [0.5, 0.6) is 11.5 Å². The van der Waals surface area contributed by atoms with Gasteiger partial charge in [0.15, 0.2) is 11.5 Å². The summed E-state index contributed by atoms with van der Waals surface area (Å²) in [5.74, 6) is 0.132. The first-order valence-electron chi connectivity index (χ1n) is 4.63. The number of carbonyl (C=O) groups is 1. The van der Waals surface area contributed by atoms with Crippen molar-refractivity contribution in [2.24, 2.45) is 0 Å². The Morgan fingerprint density at radius 1 is 1.38 bits per heavy atom. The molecule has 0 radical (unpaired) electrons. The number of hydrogen-bond acceptors (Lipinski definition) is 3. The van der Waals surface area contributed by atoms with Crippen molar-refractivity contribution in [1.29, 1.82) is 0 Å². The van der Waals surface area contributed by atoms with Gasteiger partial charge in [0, 0.05) is 18.5 Å². The molecule has 0 saturated carbocycles. The number of fused-ring (bicyclic) bond motifs is 1. The van der Waals surface area contributed by atoms with Crippen LogP contribution in [-0.4, -0.2) is 29.7 Å². The lowest BCUT2D eigenvalue weighted by Gasteiger charge is -2.08. The number of carboxylic acid groups (broad SMARTS) is 1. The summed E-state index contributed by atoms with van der Waals surface area (Å²) in [4.78, 5) is 10.8. The van der Waals surface area contributed by atoms with Gasteiger partial charge in [-0.2, -0.15) is 0 Å². The quantitative estimate of drug-likeness (QED) is 0.856. The van der Waals surface area contributed by atoms with Crippen LogP contribution in [0, 0.1) is 0 Å². The van der Waals surface area contributed by atoms with E-state index in [4.69, 9.17) is 14.6 Å². The van der Waals surface area contributed by atoms with E-state index in [9.17, 15) is 4.79 Å². The van der Waals surface area contributed by atoms with Gasteiger partial charge < -0.3 is 19.0 Å². The average Bonchev–Trinajstić information content (AvgIpc) is 2.71. The topological polar surface area (TPSA) is 60.2 Å². The highest BCUT2D eigenvalue weighted by Crippen LogP contribution is 2.32. The van der Waals surface area contributed by atoms with Gasteiger partial charge in [0.25, 0.3) is 0 Å². The van der Waals surface area contributed by atoms with Crippen molar-refractivity contribution < 1.29 is 19.4 Å². The SMILES string of the molecule is COc1ccn2cc(C(=O)O)cc2c1OC. The summed E-state index contributed by atoms with van der Waals surface area (Å²) in [5, 5.41) is 8.89. The summed E-state index contributed by atoms with van der Waals surface area (Å²) in [7, 11) is 3.06. The van der Waals surface area contributed by atoms with Crippen LogP contribution < -0.4 is 9.47 Å². The number of rotatable bonds is 3. The Morgan fingerprint density at radius 3 is 2.69 bits per heavy atom. The average molecular weight is 221 g/mol. The minimum absolute atomic E-state index is 0.214. The minimum atomic E-state index is -0.968. The van der Waals surface area contributed by atoms with E-state index in [1.54, 1.807) is 22.7 Å². The summed E-state index contributed by atoms with van der Waals surface area (Å²) < 4.78 is 12.0. The van der Waals surface area contributed by atoms with Crippen LogP contribution in [0.3, 0.4) is 0 Å². The number of methoxy groups -OCH3 is 2. The van der Waals surface area contributed by atoms with Gasteiger partial charge in [-0.3, -0.25) is 0 Å². The molecule has 84 valence electrons. The second-order valence-corrected chi connectivity index (χ2v) is 3.24. The van der Waals surface area contributed by atoms with Crippen LogP contribution in [0.25, 0.3) is 5.52 Å². The largest absolute Gasteiger partial charge is 0.493 e. The Balaban J connectivity index is 2.71. The van der Waals surface area contributed by atoms with Crippen LogP contribution in [0.4, 0.5) is 0 Å². The zero-order chi connectivity index (χ0) is 11.7. The highest BCUT2D eigenvalue weighted by atomic mass is 16.5. The molecule has 2 heterocycles. The molecule has 2 aromatic rings. The van der Waals surface area contributed by atoms with Crippen molar-refractivity contribution in [2.45, 2.75) is 0 Å². The van der Waals surface area contributed by atoms with Crippen molar-refractivity contribution in [3.05, 3.63) is 30.1 Å². The van der Waals surface area contributed by atoms with Crippen LogP contribution in [0.15, 0.2) is 24.5 Å². The van der Waals surface area contributed by atoms with Crippen molar-refractivity contribution in [3.8, 4) is 11.5 Å².